The van der Waals surface area contributed by atoms with E-state index < -0.39 is 59.9 Å². The lowest BCUT2D eigenvalue weighted by atomic mass is 10.00. The van der Waals surface area contributed by atoms with E-state index in [0.717, 1.165) is 0 Å². The fourth-order valence-corrected chi connectivity index (χ4v) is 3.38. The maximum Gasteiger partial charge on any atom is 0.326 e. The zero-order valence-electron chi connectivity index (χ0n) is 21.8. The molecule has 0 saturated heterocycles. The largest absolute Gasteiger partial charge is 0.508 e. The molecular formula is C24H39N7O7. The molecule has 0 spiro atoms. The van der Waals surface area contributed by atoms with Crippen molar-refractivity contribution >= 4 is 29.7 Å². The first-order valence-electron chi connectivity index (χ1n) is 12.1. The molecule has 0 saturated carbocycles. The number of carboxylic acids is 1. The van der Waals surface area contributed by atoms with Crippen LogP contribution in [0.5, 0.6) is 5.75 Å². The Morgan fingerprint density at radius 3 is 2.00 bits per heavy atom. The molecule has 5 unspecified atom stereocenters. The van der Waals surface area contributed by atoms with Crippen LogP contribution in [0.25, 0.3) is 0 Å². The summed E-state index contributed by atoms with van der Waals surface area (Å²) in [7, 11) is 0. The number of phenolic OH excluding ortho intramolecular Hbond substituents is 1. The smallest absolute Gasteiger partial charge is 0.326 e. The first-order chi connectivity index (χ1) is 17.7. The zero-order chi connectivity index (χ0) is 29.0. The molecule has 0 fully saturated rings. The van der Waals surface area contributed by atoms with Crippen molar-refractivity contribution in [3.05, 3.63) is 29.8 Å². The normalized spacial score (nSPS) is 14.9. The minimum absolute atomic E-state index is 0.00235. The fourth-order valence-electron chi connectivity index (χ4n) is 3.38. The average molecular weight is 538 g/mol. The van der Waals surface area contributed by atoms with Crippen molar-refractivity contribution in [2.75, 3.05) is 6.54 Å². The summed E-state index contributed by atoms with van der Waals surface area (Å²) in [6.45, 7) is 4.85. The van der Waals surface area contributed by atoms with Gasteiger partial charge in [-0.3, -0.25) is 19.4 Å². The molecule has 1 aromatic rings. The highest BCUT2D eigenvalue weighted by Gasteiger charge is 2.32. The Morgan fingerprint density at radius 1 is 0.921 bits per heavy atom. The van der Waals surface area contributed by atoms with Crippen molar-refractivity contribution in [2.45, 2.75) is 70.3 Å². The number of aliphatic hydroxyl groups excluding tert-OH is 1. The molecule has 1 aromatic carbocycles. The second kappa shape index (κ2) is 15.4. The van der Waals surface area contributed by atoms with Gasteiger partial charge in [-0.15, -0.1) is 0 Å². The Hall–Kier alpha value is -3.91. The molecule has 0 heterocycles. The number of guanidine groups is 1. The summed E-state index contributed by atoms with van der Waals surface area (Å²) in [6, 6.07) is 1.04. The Kier molecular flexibility index (Phi) is 13.0. The molecule has 0 aliphatic rings. The minimum Gasteiger partial charge on any atom is -0.508 e. The van der Waals surface area contributed by atoms with Gasteiger partial charge in [-0.25, -0.2) is 4.79 Å². The fraction of sp³-hybridized carbons (Fsp3) is 0.542. The molecular weight excluding hydrogens is 498 g/mol. The zero-order valence-corrected chi connectivity index (χ0v) is 21.8. The standard InChI is InChI=1S/C24H39N7O7/c1-12(2)19(31-21(35)18(25)13(3)32)22(36)30-17(11-14-6-8-15(33)9-7-14)20(34)29-16(23(37)38)5-4-10-28-24(26)27/h6-9,12-13,16-19,32-33H,4-5,10-11,25H2,1-3H3,(H,29,34)(H,30,36)(H,31,35)(H,37,38)(H4,26,27,28). The highest BCUT2D eigenvalue weighted by Crippen LogP contribution is 2.13. The van der Waals surface area contributed by atoms with Crippen molar-refractivity contribution in [2.24, 2.45) is 28.1 Å². The number of nitrogens with zero attached hydrogens (tertiary/aromatic N) is 1. The number of carbonyl (C=O) groups is 4. The van der Waals surface area contributed by atoms with Gasteiger partial charge in [-0.1, -0.05) is 26.0 Å². The number of phenols is 1. The van der Waals surface area contributed by atoms with Crippen LogP contribution >= 0.6 is 0 Å². The lowest BCUT2D eigenvalue weighted by Gasteiger charge is -2.27. The number of hydrogen-bond acceptors (Lipinski definition) is 8. The number of carboxylic acid groups (broad SMARTS) is 1. The highest BCUT2D eigenvalue weighted by molar-refractivity contribution is 5.94. The molecule has 0 aromatic heterocycles. The Bertz CT molecular complexity index is 979. The van der Waals surface area contributed by atoms with E-state index in [-0.39, 0.29) is 37.5 Å². The highest BCUT2D eigenvalue weighted by atomic mass is 16.4. The summed E-state index contributed by atoms with van der Waals surface area (Å²) in [4.78, 5) is 54.2. The second-order valence-electron chi connectivity index (χ2n) is 9.28. The molecule has 212 valence electrons. The molecule has 38 heavy (non-hydrogen) atoms. The summed E-state index contributed by atoms with van der Waals surface area (Å²) in [5, 5.41) is 36.2. The van der Waals surface area contributed by atoms with Crippen molar-refractivity contribution in [3.63, 3.8) is 0 Å². The number of nitrogens with one attached hydrogen (secondary N) is 3. The van der Waals surface area contributed by atoms with Crippen LogP contribution in [0.2, 0.25) is 0 Å². The van der Waals surface area contributed by atoms with Gasteiger partial charge in [0.2, 0.25) is 17.7 Å². The number of carbonyl (C=O) groups excluding carboxylic acids is 3. The maximum atomic E-state index is 13.2. The number of nitrogens with two attached hydrogens (primary N) is 3. The van der Waals surface area contributed by atoms with E-state index in [1.807, 2.05) is 0 Å². The molecule has 14 heteroatoms. The molecule has 1 rings (SSSR count). The van der Waals surface area contributed by atoms with E-state index in [1.165, 1.54) is 19.1 Å². The number of aromatic hydroxyl groups is 1. The maximum absolute atomic E-state index is 13.2. The van der Waals surface area contributed by atoms with Gasteiger partial charge in [0, 0.05) is 13.0 Å². The van der Waals surface area contributed by atoms with Gasteiger partial charge in [0.25, 0.3) is 0 Å². The van der Waals surface area contributed by atoms with Gasteiger partial charge in [0.1, 0.15) is 29.9 Å². The quantitative estimate of drug-likeness (QED) is 0.0668. The number of rotatable bonds is 15. The summed E-state index contributed by atoms with van der Waals surface area (Å²) in [5.74, 6) is -4.06. The lowest BCUT2D eigenvalue weighted by Crippen LogP contribution is -2.59. The Morgan fingerprint density at radius 2 is 1.50 bits per heavy atom. The van der Waals surface area contributed by atoms with Crippen molar-refractivity contribution in [3.8, 4) is 5.75 Å². The molecule has 0 aliphatic heterocycles. The molecule has 3 amide bonds. The monoisotopic (exact) mass is 537 g/mol. The SMILES string of the molecule is CC(C)C(NC(=O)C(N)C(C)O)C(=O)NC(Cc1ccc(O)cc1)C(=O)NC(CCCN=C(N)N)C(=O)O. The average Bonchev–Trinajstić information content (AvgIpc) is 2.83. The predicted molar refractivity (Wildman–Crippen MR) is 140 cm³/mol. The van der Waals surface area contributed by atoms with E-state index in [9.17, 15) is 34.5 Å². The number of hydrogen-bond donors (Lipinski definition) is 9. The van der Waals surface area contributed by atoms with Crippen molar-refractivity contribution in [1.29, 1.82) is 0 Å². The summed E-state index contributed by atoms with van der Waals surface area (Å²) in [5.41, 5.74) is 16.8. The third kappa shape index (κ3) is 11.0. The van der Waals surface area contributed by atoms with Gasteiger partial charge >= 0.3 is 5.97 Å². The van der Waals surface area contributed by atoms with E-state index in [1.54, 1.807) is 26.0 Å². The van der Waals surface area contributed by atoms with Crippen LogP contribution in [0.15, 0.2) is 29.3 Å². The van der Waals surface area contributed by atoms with Crippen LogP contribution in [-0.2, 0) is 25.6 Å². The van der Waals surface area contributed by atoms with Crippen LogP contribution < -0.4 is 33.2 Å². The molecule has 5 atom stereocenters. The molecule has 12 N–H and O–H groups in total. The summed E-state index contributed by atoms with van der Waals surface area (Å²) >= 11 is 0. The van der Waals surface area contributed by atoms with Gasteiger partial charge in [0.15, 0.2) is 5.96 Å². The van der Waals surface area contributed by atoms with E-state index >= 15 is 0 Å². The molecule has 0 radical (unpaired) electrons. The number of aliphatic hydroxyl groups is 1. The predicted octanol–water partition coefficient (Wildman–Crippen LogP) is -2.11. The van der Waals surface area contributed by atoms with Crippen LogP contribution in [0, 0.1) is 5.92 Å². The van der Waals surface area contributed by atoms with E-state index in [4.69, 9.17) is 17.2 Å². The lowest BCUT2D eigenvalue weighted by molar-refractivity contribution is -0.142. The first-order valence-corrected chi connectivity index (χ1v) is 12.1. The van der Waals surface area contributed by atoms with Crippen LogP contribution in [0.3, 0.4) is 0 Å². The van der Waals surface area contributed by atoms with Gasteiger partial charge < -0.3 is 48.5 Å². The topological polar surface area (TPSA) is 255 Å². The van der Waals surface area contributed by atoms with Crippen molar-refractivity contribution < 1.29 is 34.5 Å². The number of aliphatic imine (C=N–C) groups is 1. The van der Waals surface area contributed by atoms with E-state index in [2.05, 4.69) is 20.9 Å². The van der Waals surface area contributed by atoms with Crippen molar-refractivity contribution in [1.82, 2.24) is 16.0 Å². The van der Waals surface area contributed by atoms with Gasteiger partial charge in [0.05, 0.1) is 6.10 Å². The van der Waals surface area contributed by atoms with Gasteiger partial charge in [-0.2, -0.15) is 0 Å². The van der Waals surface area contributed by atoms with Crippen LogP contribution in [0.4, 0.5) is 0 Å². The first kappa shape index (κ1) is 32.1. The molecule has 0 bridgehead atoms. The number of benzene rings is 1. The third-order valence-electron chi connectivity index (χ3n) is 5.64. The van der Waals surface area contributed by atoms with E-state index in [0.29, 0.717) is 5.56 Å². The number of amides is 3. The second-order valence-corrected chi connectivity index (χ2v) is 9.28. The minimum atomic E-state index is -1.28. The van der Waals surface area contributed by atoms with Gasteiger partial charge in [-0.05, 0) is 43.4 Å². The summed E-state index contributed by atoms with van der Waals surface area (Å²) in [6.07, 6.45) is -0.891. The van der Waals surface area contributed by atoms with Crippen LogP contribution in [0.1, 0.15) is 39.2 Å². The summed E-state index contributed by atoms with van der Waals surface area (Å²) < 4.78 is 0. The molecule has 0 aliphatic carbocycles. The molecule has 14 nitrogen and oxygen atoms in total. The Balaban J connectivity index is 3.11. The van der Waals surface area contributed by atoms with Crippen LogP contribution in [-0.4, -0.2) is 81.8 Å². The third-order valence-corrected chi connectivity index (χ3v) is 5.64. The number of aliphatic carboxylic acids is 1. The Labute approximate surface area is 221 Å².